The van der Waals surface area contributed by atoms with Crippen molar-refractivity contribution in [1.29, 1.82) is 0 Å². The molecule has 0 bridgehead atoms. The zero-order valence-corrected chi connectivity index (χ0v) is 11.1. The Balaban J connectivity index is 1.77. The maximum Gasteiger partial charge on any atom is 0.0520 e. The maximum atomic E-state index is 4.40. The van der Waals surface area contributed by atoms with E-state index >= 15 is 0 Å². The average Bonchev–Trinajstić information content (AvgIpc) is 2.45. The van der Waals surface area contributed by atoms with Crippen molar-refractivity contribution in [2.24, 2.45) is 0 Å². The van der Waals surface area contributed by atoms with Crippen LogP contribution >= 0.6 is 0 Å². The van der Waals surface area contributed by atoms with Gasteiger partial charge in [-0.1, -0.05) is 30.3 Å². The first-order chi connectivity index (χ1) is 9.33. The van der Waals surface area contributed by atoms with Crippen LogP contribution in [-0.2, 0) is 6.42 Å². The van der Waals surface area contributed by atoms with Crippen molar-refractivity contribution in [2.45, 2.75) is 25.8 Å². The lowest BCUT2D eigenvalue weighted by Crippen LogP contribution is -2.24. The summed E-state index contributed by atoms with van der Waals surface area (Å²) < 4.78 is 0. The molecule has 1 atom stereocenters. The highest BCUT2D eigenvalue weighted by atomic mass is 14.9. The van der Waals surface area contributed by atoms with Gasteiger partial charge in [0.25, 0.3) is 0 Å². The van der Waals surface area contributed by atoms with Crippen molar-refractivity contribution < 1.29 is 0 Å². The van der Waals surface area contributed by atoms with Crippen molar-refractivity contribution in [1.82, 2.24) is 10.3 Å². The molecule has 0 saturated heterocycles. The monoisotopic (exact) mass is 250 g/mol. The minimum Gasteiger partial charge on any atom is -0.382 e. The molecule has 19 heavy (non-hydrogen) atoms. The zero-order valence-electron chi connectivity index (χ0n) is 11.1. The molecule has 0 spiro atoms. The molecule has 1 aliphatic rings. The van der Waals surface area contributed by atoms with Gasteiger partial charge < -0.3 is 5.32 Å². The van der Waals surface area contributed by atoms with Crippen LogP contribution in [0, 0.1) is 0 Å². The number of allylic oxidation sites excluding steroid dienone is 1. The second-order valence-corrected chi connectivity index (χ2v) is 5.01. The number of nitrogens with one attached hydrogen (secondary N) is 1. The summed E-state index contributed by atoms with van der Waals surface area (Å²) in [5, 5.41) is 3.58. The van der Waals surface area contributed by atoms with Crippen LogP contribution in [0.1, 0.15) is 36.2 Å². The topological polar surface area (TPSA) is 24.9 Å². The highest BCUT2D eigenvalue weighted by molar-refractivity contribution is 5.59. The molecule has 0 fully saturated rings. The molecule has 2 nitrogen and oxygen atoms in total. The molecular weight excluding hydrogens is 232 g/mol. The normalized spacial score (nSPS) is 17.3. The second kappa shape index (κ2) is 5.27. The maximum absolute atomic E-state index is 4.40. The number of hydrogen-bond acceptors (Lipinski definition) is 2. The summed E-state index contributed by atoms with van der Waals surface area (Å²) in [6.07, 6.45) is 6.15. The molecule has 0 aliphatic carbocycles. The Morgan fingerprint density at radius 1 is 1.11 bits per heavy atom. The lowest BCUT2D eigenvalue weighted by atomic mass is 9.92. The number of aromatic nitrogens is 1. The second-order valence-electron chi connectivity index (χ2n) is 5.01. The Kier molecular flexibility index (Phi) is 3.32. The first kappa shape index (κ1) is 12.0. The molecule has 0 radical (unpaired) electrons. The average molecular weight is 250 g/mol. The Bertz CT molecular complexity index is 587. The first-order valence-electron chi connectivity index (χ1n) is 6.76. The van der Waals surface area contributed by atoms with Crippen LogP contribution < -0.4 is 5.32 Å². The van der Waals surface area contributed by atoms with Gasteiger partial charge >= 0.3 is 0 Å². The fourth-order valence-electron chi connectivity index (χ4n) is 2.65. The van der Waals surface area contributed by atoms with Gasteiger partial charge in [-0.2, -0.15) is 0 Å². The molecular formula is C17H18N2. The molecule has 3 rings (SSSR count). The fraction of sp³-hybridized carbons (Fsp3) is 0.235. The third kappa shape index (κ3) is 2.68. The van der Waals surface area contributed by atoms with E-state index < -0.39 is 0 Å². The van der Waals surface area contributed by atoms with Crippen LogP contribution in [-0.4, -0.2) is 4.98 Å². The Morgan fingerprint density at radius 3 is 2.79 bits per heavy atom. The zero-order chi connectivity index (χ0) is 13.1. The van der Waals surface area contributed by atoms with E-state index in [1.807, 2.05) is 12.3 Å². The number of pyridine rings is 1. The summed E-state index contributed by atoms with van der Waals surface area (Å²) in [6, 6.07) is 15.1. The molecule has 1 aromatic carbocycles. The van der Waals surface area contributed by atoms with Crippen molar-refractivity contribution in [2.75, 3.05) is 0 Å². The van der Waals surface area contributed by atoms with Crippen LogP contribution in [0.5, 0.6) is 0 Å². The molecule has 96 valence electrons. The SMILES string of the molecule is CC1=Cc2ccccc2C(CCc2ccccn2)N1. The van der Waals surface area contributed by atoms with E-state index in [4.69, 9.17) is 0 Å². The van der Waals surface area contributed by atoms with E-state index in [1.54, 1.807) is 0 Å². The molecule has 1 aromatic heterocycles. The summed E-state index contributed by atoms with van der Waals surface area (Å²) in [7, 11) is 0. The summed E-state index contributed by atoms with van der Waals surface area (Å²) in [5.74, 6) is 0. The summed E-state index contributed by atoms with van der Waals surface area (Å²) in [4.78, 5) is 4.40. The highest BCUT2D eigenvalue weighted by Crippen LogP contribution is 2.28. The van der Waals surface area contributed by atoms with Crippen LogP contribution in [0.3, 0.4) is 0 Å². The number of nitrogens with zero attached hydrogens (tertiary/aromatic N) is 1. The number of rotatable bonds is 3. The summed E-state index contributed by atoms with van der Waals surface area (Å²) in [6.45, 7) is 2.13. The van der Waals surface area contributed by atoms with Crippen LogP contribution in [0.15, 0.2) is 54.4 Å². The minimum absolute atomic E-state index is 0.392. The quantitative estimate of drug-likeness (QED) is 0.898. The molecule has 2 aromatic rings. The van der Waals surface area contributed by atoms with Crippen molar-refractivity contribution in [3.8, 4) is 0 Å². The molecule has 1 N–H and O–H groups in total. The molecule has 0 saturated carbocycles. The molecule has 0 amide bonds. The van der Waals surface area contributed by atoms with Gasteiger partial charge in [0.2, 0.25) is 0 Å². The Morgan fingerprint density at radius 2 is 1.95 bits per heavy atom. The molecule has 1 aliphatic heterocycles. The predicted molar refractivity (Wildman–Crippen MR) is 78.5 cm³/mol. The van der Waals surface area contributed by atoms with Crippen LogP contribution in [0.25, 0.3) is 6.08 Å². The minimum atomic E-state index is 0.392. The standard InChI is InChI=1S/C17H18N2/c1-13-12-14-6-2-3-8-16(14)17(19-13)10-9-15-7-4-5-11-18-15/h2-8,11-12,17,19H,9-10H2,1H3. The molecule has 1 unspecified atom stereocenters. The van der Waals surface area contributed by atoms with E-state index in [0.717, 1.165) is 18.5 Å². The number of hydrogen-bond donors (Lipinski definition) is 1. The van der Waals surface area contributed by atoms with Gasteiger partial charge in [-0.25, -0.2) is 0 Å². The fourth-order valence-corrected chi connectivity index (χ4v) is 2.65. The third-order valence-corrected chi connectivity index (χ3v) is 3.56. The Labute approximate surface area is 114 Å². The third-order valence-electron chi connectivity index (χ3n) is 3.56. The van der Waals surface area contributed by atoms with Crippen LogP contribution in [0.4, 0.5) is 0 Å². The van der Waals surface area contributed by atoms with E-state index in [-0.39, 0.29) is 0 Å². The largest absolute Gasteiger partial charge is 0.382 e. The van der Waals surface area contributed by atoms with E-state index in [9.17, 15) is 0 Å². The van der Waals surface area contributed by atoms with Crippen LogP contribution in [0.2, 0.25) is 0 Å². The lowest BCUT2D eigenvalue weighted by Gasteiger charge is -2.26. The number of fused-ring (bicyclic) bond motifs is 1. The van der Waals surface area contributed by atoms with Crippen molar-refractivity contribution in [3.63, 3.8) is 0 Å². The van der Waals surface area contributed by atoms with E-state index in [2.05, 4.69) is 59.7 Å². The van der Waals surface area contributed by atoms with Gasteiger partial charge in [-0.3, -0.25) is 4.98 Å². The molecule has 2 heterocycles. The van der Waals surface area contributed by atoms with Gasteiger partial charge in [0, 0.05) is 17.6 Å². The van der Waals surface area contributed by atoms with Gasteiger partial charge in [0.1, 0.15) is 0 Å². The van der Waals surface area contributed by atoms with Crippen molar-refractivity contribution in [3.05, 3.63) is 71.2 Å². The number of benzene rings is 1. The predicted octanol–water partition coefficient (Wildman–Crippen LogP) is 3.72. The summed E-state index contributed by atoms with van der Waals surface area (Å²) >= 11 is 0. The number of aryl methyl sites for hydroxylation is 1. The van der Waals surface area contributed by atoms with Gasteiger partial charge in [0.15, 0.2) is 0 Å². The molecule has 2 heteroatoms. The Hall–Kier alpha value is -2.09. The smallest absolute Gasteiger partial charge is 0.0520 e. The van der Waals surface area contributed by atoms with E-state index in [0.29, 0.717) is 6.04 Å². The van der Waals surface area contributed by atoms with Gasteiger partial charge in [0.05, 0.1) is 6.04 Å². The first-order valence-corrected chi connectivity index (χ1v) is 6.76. The highest BCUT2D eigenvalue weighted by Gasteiger charge is 2.18. The summed E-state index contributed by atoms with van der Waals surface area (Å²) in [5.41, 5.74) is 5.13. The van der Waals surface area contributed by atoms with Gasteiger partial charge in [-0.05, 0) is 49.1 Å². The van der Waals surface area contributed by atoms with Gasteiger partial charge in [-0.15, -0.1) is 0 Å². The van der Waals surface area contributed by atoms with Crippen molar-refractivity contribution >= 4 is 6.08 Å². The lowest BCUT2D eigenvalue weighted by molar-refractivity contribution is 0.543. The van der Waals surface area contributed by atoms with E-state index in [1.165, 1.54) is 16.8 Å².